The maximum absolute atomic E-state index is 13.9. The van der Waals surface area contributed by atoms with E-state index >= 15 is 0 Å². The zero-order chi connectivity index (χ0) is 50.0. The topological polar surface area (TPSA) is 192 Å². The van der Waals surface area contributed by atoms with E-state index in [0.717, 1.165) is 12.5 Å². The van der Waals surface area contributed by atoms with E-state index in [9.17, 15) is 37.1 Å². The normalized spacial score (nSPS) is 20.8. The number of nitrogens with zero attached hydrogens (tertiary/aromatic N) is 6. The number of ether oxygens (including phenoxy) is 3. The lowest BCUT2D eigenvalue weighted by Crippen LogP contribution is -2.62. The number of carbonyl (C=O) groups is 5. The molecule has 3 aliphatic rings. The Balaban J connectivity index is 1.01. The summed E-state index contributed by atoms with van der Waals surface area (Å²) in [6.07, 6.45) is -0.762. The van der Waals surface area contributed by atoms with Crippen molar-refractivity contribution in [1.29, 1.82) is 0 Å². The second kappa shape index (κ2) is 20.1. The number of aromatic amines is 1. The van der Waals surface area contributed by atoms with Crippen molar-refractivity contribution in [3.8, 4) is 28.1 Å². The Hall–Kier alpha value is -6.70. The number of methoxy groups -OCH3 is 2. The van der Waals surface area contributed by atoms with Crippen molar-refractivity contribution < 1.29 is 51.4 Å². The summed E-state index contributed by atoms with van der Waals surface area (Å²) in [6.45, 7) is 13.7. The number of H-pyrrole nitrogens is 1. The van der Waals surface area contributed by atoms with E-state index in [4.69, 9.17) is 9.47 Å². The van der Waals surface area contributed by atoms with Gasteiger partial charge >= 0.3 is 12.5 Å². The minimum atomic E-state index is -5.06. The van der Waals surface area contributed by atoms with Gasteiger partial charge in [0.1, 0.15) is 35.6 Å². The molecule has 5 heterocycles. The quantitative estimate of drug-likeness (QED) is 0.125. The molecule has 4 atom stereocenters. The Kier molecular flexibility index (Phi) is 14.6. The molecule has 0 spiro atoms. The molecule has 2 aromatic carbocycles. The number of piperazine rings is 1. The van der Waals surface area contributed by atoms with Gasteiger partial charge in [0.15, 0.2) is 0 Å². The molecule has 5 amide bonds. The number of benzene rings is 2. The van der Waals surface area contributed by atoms with Gasteiger partial charge in [-0.05, 0) is 85.9 Å². The Morgan fingerprint density at radius 2 is 1.65 bits per heavy atom. The summed E-state index contributed by atoms with van der Waals surface area (Å²) >= 11 is 0. The molecule has 20 heteroatoms. The average molecular weight is 960 g/mol. The van der Waals surface area contributed by atoms with E-state index in [1.165, 1.54) is 32.5 Å². The van der Waals surface area contributed by atoms with Gasteiger partial charge in [0.25, 0.3) is 5.91 Å². The smallest absolute Gasteiger partial charge is 0.453 e. The highest BCUT2D eigenvalue weighted by Gasteiger charge is 2.49. The van der Waals surface area contributed by atoms with Crippen LogP contribution >= 0.6 is 0 Å². The highest BCUT2D eigenvalue weighted by molar-refractivity contribution is 6.05. The lowest BCUT2D eigenvalue weighted by molar-refractivity contribution is -0.274. The fourth-order valence-corrected chi connectivity index (χ4v) is 9.66. The molecular weight excluding hydrogens is 900 g/mol. The number of halogens is 3. The van der Waals surface area contributed by atoms with Crippen molar-refractivity contribution in [2.45, 2.75) is 90.8 Å². The third-order valence-electron chi connectivity index (χ3n) is 13.2. The number of amides is 5. The summed E-state index contributed by atoms with van der Waals surface area (Å²) in [5.74, 6) is -0.871. The van der Waals surface area contributed by atoms with Crippen LogP contribution in [0.15, 0.2) is 67.0 Å². The SMILES string of the molecule is COCC(=O)N1CCC[C@@]1(C)C(=O)N1CCN(c2ccc(NC(=O)c3ccc(-c4ccc(-c5cnc([C@@H]6CC(C)(C)CN6C(=O)[C@@H](NC(=O)OC)C(C)C)[nH]5)cc4)c(OC(F)(F)F)c3)cn2)[C@H](C)C1. The van der Waals surface area contributed by atoms with Crippen LogP contribution in [0.5, 0.6) is 5.75 Å². The Morgan fingerprint density at radius 1 is 0.928 bits per heavy atom. The van der Waals surface area contributed by atoms with Gasteiger partial charge in [-0.2, -0.15) is 0 Å². The fraction of sp³-hybridized carbons (Fsp3) is 0.490. The molecule has 0 radical (unpaired) electrons. The van der Waals surface area contributed by atoms with Gasteiger partial charge in [-0.15, -0.1) is 13.2 Å². The molecule has 7 rings (SSSR count). The number of hydrogen-bond donors (Lipinski definition) is 3. The molecule has 3 aliphatic heterocycles. The van der Waals surface area contributed by atoms with E-state index in [0.29, 0.717) is 79.7 Å². The van der Waals surface area contributed by atoms with E-state index in [-0.39, 0.29) is 52.8 Å². The number of anilines is 2. The first-order chi connectivity index (χ1) is 32.6. The lowest BCUT2D eigenvalue weighted by Gasteiger charge is -2.44. The van der Waals surface area contributed by atoms with Gasteiger partial charge in [-0.3, -0.25) is 19.2 Å². The van der Waals surface area contributed by atoms with E-state index in [1.807, 2.05) is 32.6 Å². The van der Waals surface area contributed by atoms with Gasteiger partial charge in [-0.25, -0.2) is 14.8 Å². The number of alkyl carbamates (subject to hydrolysis) is 1. The Morgan fingerprint density at radius 3 is 2.29 bits per heavy atom. The number of pyridine rings is 1. The predicted octanol–water partition coefficient (Wildman–Crippen LogP) is 7.03. The summed E-state index contributed by atoms with van der Waals surface area (Å²) < 4.78 is 55.7. The number of alkyl halides is 3. The van der Waals surface area contributed by atoms with Crippen molar-refractivity contribution in [1.82, 2.24) is 35.0 Å². The molecule has 0 saturated carbocycles. The number of likely N-dealkylation sites (tertiary alicyclic amines) is 2. The summed E-state index contributed by atoms with van der Waals surface area (Å²) in [5.41, 5.74) is 0.828. The summed E-state index contributed by atoms with van der Waals surface area (Å²) in [6, 6.07) is 12.6. The molecular formula is C49H60F3N9O8. The second-order valence-electron chi connectivity index (χ2n) is 19.2. The van der Waals surface area contributed by atoms with E-state index < -0.39 is 41.7 Å². The summed E-state index contributed by atoms with van der Waals surface area (Å²) in [7, 11) is 2.69. The third-order valence-corrected chi connectivity index (χ3v) is 13.2. The molecule has 3 saturated heterocycles. The lowest BCUT2D eigenvalue weighted by atomic mass is 9.90. The second-order valence-corrected chi connectivity index (χ2v) is 19.2. The zero-order valence-electron chi connectivity index (χ0n) is 40.1. The maximum Gasteiger partial charge on any atom is 0.573 e. The van der Waals surface area contributed by atoms with Crippen LogP contribution in [0.3, 0.4) is 0 Å². The van der Waals surface area contributed by atoms with Crippen LogP contribution in [0, 0.1) is 11.3 Å². The zero-order valence-corrected chi connectivity index (χ0v) is 40.1. The Bertz CT molecular complexity index is 2530. The minimum Gasteiger partial charge on any atom is -0.453 e. The monoisotopic (exact) mass is 959 g/mol. The van der Waals surface area contributed by atoms with Gasteiger partial charge in [0, 0.05) is 57.0 Å². The van der Waals surface area contributed by atoms with Gasteiger partial charge in [0.2, 0.25) is 17.7 Å². The first-order valence-corrected chi connectivity index (χ1v) is 22.9. The molecule has 370 valence electrons. The molecule has 3 fully saturated rings. The van der Waals surface area contributed by atoms with Crippen LogP contribution < -0.4 is 20.3 Å². The summed E-state index contributed by atoms with van der Waals surface area (Å²) in [5, 5.41) is 5.36. The standard InChI is InChI=1S/C49H60F3N9O8/c1-29(2)41(57-46(66)68-8)44(64)60-28-47(4,5)23-37(60)42-54-25-36(56-42)32-12-10-31(11-13-32)35-16-14-33(22-38(35)69-49(50,51)52)43(63)55-34-15-17-39(53-24-34)59-21-20-58(26-30(59)3)45(65)48(6)18-9-19-61(48)40(62)27-67-7/h10-17,22,24-25,29-30,37,41H,9,18-21,23,26-28H2,1-8H3,(H,54,56)(H,55,63)(H,57,66)/t30-,37+,41+,48+/m1/s1. The molecule has 4 aromatic rings. The number of rotatable bonds is 13. The maximum atomic E-state index is 13.9. The molecule has 0 unspecified atom stereocenters. The van der Waals surface area contributed by atoms with Crippen LogP contribution in [0.25, 0.3) is 22.4 Å². The number of nitrogens with one attached hydrogen (secondary N) is 3. The largest absolute Gasteiger partial charge is 0.573 e. The van der Waals surface area contributed by atoms with Crippen molar-refractivity contribution in [3.05, 3.63) is 78.4 Å². The van der Waals surface area contributed by atoms with Crippen molar-refractivity contribution >= 4 is 41.2 Å². The number of imidazole rings is 1. The van der Waals surface area contributed by atoms with Gasteiger partial charge < -0.3 is 49.4 Å². The Labute approximate surface area is 399 Å². The van der Waals surface area contributed by atoms with Crippen LogP contribution in [0.2, 0.25) is 0 Å². The fourth-order valence-electron chi connectivity index (χ4n) is 9.66. The van der Waals surface area contributed by atoms with Crippen LogP contribution in [-0.2, 0) is 23.9 Å². The van der Waals surface area contributed by atoms with E-state index in [1.54, 1.807) is 57.3 Å². The van der Waals surface area contributed by atoms with Crippen molar-refractivity contribution in [3.63, 3.8) is 0 Å². The first-order valence-electron chi connectivity index (χ1n) is 22.9. The summed E-state index contributed by atoms with van der Waals surface area (Å²) in [4.78, 5) is 85.6. The minimum absolute atomic E-state index is 0.0834. The number of hydrogen-bond acceptors (Lipinski definition) is 11. The highest BCUT2D eigenvalue weighted by atomic mass is 19.4. The van der Waals surface area contributed by atoms with Crippen molar-refractivity contribution in [2.24, 2.45) is 11.3 Å². The van der Waals surface area contributed by atoms with Gasteiger partial charge in [0.05, 0.1) is 36.9 Å². The molecule has 3 N–H and O–H groups in total. The molecule has 2 aromatic heterocycles. The predicted molar refractivity (Wildman–Crippen MR) is 250 cm³/mol. The molecule has 0 bridgehead atoms. The molecule has 0 aliphatic carbocycles. The highest BCUT2D eigenvalue weighted by Crippen LogP contribution is 2.43. The molecule has 17 nitrogen and oxygen atoms in total. The van der Waals surface area contributed by atoms with E-state index in [2.05, 4.69) is 44.2 Å². The van der Waals surface area contributed by atoms with Crippen LogP contribution in [0.4, 0.5) is 29.5 Å². The number of carbonyl (C=O) groups excluding carboxylic acids is 5. The number of aromatic nitrogens is 3. The first kappa shape index (κ1) is 50.2. The molecule has 69 heavy (non-hydrogen) atoms. The third kappa shape index (κ3) is 11.1. The van der Waals surface area contributed by atoms with Crippen LogP contribution in [0.1, 0.15) is 83.0 Å². The van der Waals surface area contributed by atoms with Crippen molar-refractivity contribution in [2.75, 3.05) is 63.8 Å². The van der Waals surface area contributed by atoms with Gasteiger partial charge in [-0.1, -0.05) is 52.0 Å². The average Bonchev–Trinajstić information content (AvgIpc) is 4.04. The van der Waals surface area contributed by atoms with Crippen LogP contribution in [-0.4, -0.2) is 137 Å².